The van der Waals surface area contributed by atoms with Crippen LogP contribution >= 0.6 is 0 Å². The Balaban J connectivity index is 1.76. The molecule has 2 aromatic rings. The van der Waals surface area contributed by atoms with Gasteiger partial charge in [0.2, 0.25) is 13.2 Å². The molecule has 0 unspecified atom stereocenters. The highest BCUT2D eigenvalue weighted by atomic mass is 16.7. The van der Waals surface area contributed by atoms with Crippen LogP contribution in [0.2, 0.25) is 0 Å². The van der Waals surface area contributed by atoms with Crippen molar-refractivity contribution in [2.24, 2.45) is 0 Å². The van der Waals surface area contributed by atoms with Crippen LogP contribution in [0.25, 0.3) is 0 Å². The molecule has 3 rings (SSSR count). The monoisotopic (exact) mass is 284 g/mol. The molecule has 2 N–H and O–H groups in total. The van der Waals surface area contributed by atoms with Gasteiger partial charge in [-0.3, -0.25) is 9.59 Å². The molecule has 21 heavy (non-hydrogen) atoms. The molecule has 1 heterocycles. The summed E-state index contributed by atoms with van der Waals surface area (Å²) in [5.41, 5.74) is 1.61. The first kappa shape index (κ1) is 13.0. The van der Waals surface area contributed by atoms with E-state index in [4.69, 9.17) is 9.47 Å². The number of amides is 2. The van der Waals surface area contributed by atoms with Gasteiger partial charge >= 0.3 is 0 Å². The van der Waals surface area contributed by atoms with E-state index in [1.165, 1.54) is 0 Å². The summed E-state index contributed by atoms with van der Waals surface area (Å²) < 4.78 is 10.5. The average molecular weight is 284 g/mol. The summed E-state index contributed by atoms with van der Waals surface area (Å²) in [4.78, 5) is 22.6. The Morgan fingerprint density at radius 1 is 1.05 bits per heavy atom. The predicted octanol–water partition coefficient (Wildman–Crippen LogP) is 2.24. The van der Waals surface area contributed by atoms with Crippen LogP contribution in [0.3, 0.4) is 0 Å². The van der Waals surface area contributed by atoms with Gasteiger partial charge in [0.15, 0.2) is 11.5 Å². The summed E-state index contributed by atoms with van der Waals surface area (Å²) in [6.45, 7) is 0.187. The van der Waals surface area contributed by atoms with E-state index in [2.05, 4.69) is 10.6 Å². The molecule has 2 amide bonds. The molecule has 0 fully saturated rings. The molecule has 0 saturated carbocycles. The average Bonchev–Trinajstić information content (AvgIpc) is 2.95. The van der Waals surface area contributed by atoms with E-state index in [-0.39, 0.29) is 12.7 Å². The number of nitrogens with one attached hydrogen (secondary N) is 2. The molecule has 0 aromatic heterocycles. The zero-order valence-corrected chi connectivity index (χ0v) is 11.0. The number of hydrogen-bond acceptors (Lipinski definition) is 4. The van der Waals surface area contributed by atoms with Crippen LogP contribution in [0.4, 0.5) is 11.4 Å². The van der Waals surface area contributed by atoms with Gasteiger partial charge < -0.3 is 20.1 Å². The lowest BCUT2D eigenvalue weighted by Gasteiger charge is -2.07. The Bertz CT molecular complexity index is 700. The standard InChI is InChI=1S/C15H12N2O4/c18-8-16-11-3-1-2-10(6-11)15(19)17-12-4-5-13-14(7-12)21-9-20-13/h1-8H,9H2,(H,16,18)(H,17,19). The van der Waals surface area contributed by atoms with Gasteiger partial charge in [0.1, 0.15) is 0 Å². The maximum Gasteiger partial charge on any atom is 0.255 e. The molecule has 1 aliphatic rings. The van der Waals surface area contributed by atoms with Gasteiger partial charge in [0.25, 0.3) is 5.91 Å². The Labute approximate surface area is 120 Å². The second kappa shape index (κ2) is 5.54. The van der Waals surface area contributed by atoms with Crippen molar-refractivity contribution in [1.29, 1.82) is 0 Å². The smallest absolute Gasteiger partial charge is 0.255 e. The zero-order chi connectivity index (χ0) is 14.7. The molecule has 0 aliphatic carbocycles. The van der Waals surface area contributed by atoms with Crippen LogP contribution in [0, 0.1) is 0 Å². The highest BCUT2D eigenvalue weighted by molar-refractivity contribution is 6.05. The lowest BCUT2D eigenvalue weighted by molar-refractivity contribution is -0.105. The van der Waals surface area contributed by atoms with E-state index in [1.807, 2.05) is 0 Å². The molecule has 2 aromatic carbocycles. The lowest BCUT2D eigenvalue weighted by atomic mass is 10.2. The third kappa shape index (κ3) is 2.79. The Hall–Kier alpha value is -3.02. The normalized spacial score (nSPS) is 11.8. The molecule has 0 spiro atoms. The molecular weight excluding hydrogens is 272 g/mol. The summed E-state index contributed by atoms with van der Waals surface area (Å²) in [5, 5.41) is 5.27. The maximum atomic E-state index is 12.2. The van der Waals surface area contributed by atoms with Crippen molar-refractivity contribution in [1.82, 2.24) is 0 Å². The van der Waals surface area contributed by atoms with E-state index in [0.29, 0.717) is 34.8 Å². The number of ether oxygens (including phenoxy) is 2. The fourth-order valence-electron chi connectivity index (χ4n) is 2.00. The zero-order valence-electron chi connectivity index (χ0n) is 11.0. The van der Waals surface area contributed by atoms with E-state index in [0.717, 1.165) is 0 Å². The summed E-state index contributed by atoms with van der Waals surface area (Å²) >= 11 is 0. The van der Waals surface area contributed by atoms with Gasteiger partial charge in [-0.15, -0.1) is 0 Å². The summed E-state index contributed by atoms with van der Waals surface area (Å²) in [6, 6.07) is 11.8. The molecule has 0 bridgehead atoms. The highest BCUT2D eigenvalue weighted by Gasteiger charge is 2.14. The molecule has 106 valence electrons. The topological polar surface area (TPSA) is 76.7 Å². The van der Waals surface area contributed by atoms with Gasteiger partial charge in [-0.05, 0) is 30.3 Å². The maximum absolute atomic E-state index is 12.2. The van der Waals surface area contributed by atoms with Gasteiger partial charge in [-0.2, -0.15) is 0 Å². The molecule has 0 atom stereocenters. The second-order valence-corrected chi connectivity index (χ2v) is 4.37. The minimum absolute atomic E-state index is 0.187. The van der Waals surface area contributed by atoms with Crippen molar-refractivity contribution in [2.45, 2.75) is 0 Å². The molecule has 1 aliphatic heterocycles. The highest BCUT2D eigenvalue weighted by Crippen LogP contribution is 2.34. The number of carbonyl (C=O) groups excluding carboxylic acids is 2. The largest absolute Gasteiger partial charge is 0.454 e. The van der Waals surface area contributed by atoms with Crippen molar-refractivity contribution in [3.05, 3.63) is 48.0 Å². The second-order valence-electron chi connectivity index (χ2n) is 4.37. The van der Waals surface area contributed by atoms with Crippen LogP contribution in [-0.2, 0) is 4.79 Å². The van der Waals surface area contributed by atoms with Crippen molar-refractivity contribution in [2.75, 3.05) is 17.4 Å². The van der Waals surface area contributed by atoms with Crippen LogP contribution in [0.5, 0.6) is 11.5 Å². The molecule has 0 saturated heterocycles. The Kier molecular flexibility index (Phi) is 3.42. The summed E-state index contributed by atoms with van der Waals surface area (Å²) in [7, 11) is 0. The molecular formula is C15H12N2O4. The third-order valence-corrected chi connectivity index (χ3v) is 2.98. The van der Waals surface area contributed by atoms with Crippen molar-refractivity contribution >= 4 is 23.7 Å². The van der Waals surface area contributed by atoms with Crippen molar-refractivity contribution in [3.63, 3.8) is 0 Å². The third-order valence-electron chi connectivity index (χ3n) is 2.98. The summed E-state index contributed by atoms with van der Waals surface area (Å²) in [6.07, 6.45) is 0.564. The fourth-order valence-corrected chi connectivity index (χ4v) is 2.00. The minimum atomic E-state index is -0.275. The van der Waals surface area contributed by atoms with E-state index in [1.54, 1.807) is 42.5 Å². The minimum Gasteiger partial charge on any atom is -0.454 e. The fraction of sp³-hybridized carbons (Fsp3) is 0.0667. The van der Waals surface area contributed by atoms with Crippen LogP contribution in [0.15, 0.2) is 42.5 Å². The number of carbonyl (C=O) groups is 2. The first-order chi connectivity index (χ1) is 10.3. The predicted molar refractivity (Wildman–Crippen MR) is 76.6 cm³/mol. The quantitative estimate of drug-likeness (QED) is 0.844. The van der Waals surface area contributed by atoms with Gasteiger partial charge in [0.05, 0.1) is 0 Å². The van der Waals surface area contributed by atoms with Gasteiger partial charge in [0, 0.05) is 23.0 Å². The Morgan fingerprint density at radius 2 is 1.90 bits per heavy atom. The molecule has 6 heteroatoms. The SMILES string of the molecule is O=CNc1cccc(C(=O)Nc2ccc3c(c2)OCO3)c1. The van der Waals surface area contributed by atoms with Crippen LogP contribution in [-0.4, -0.2) is 19.1 Å². The van der Waals surface area contributed by atoms with Crippen LogP contribution < -0.4 is 20.1 Å². The van der Waals surface area contributed by atoms with E-state index < -0.39 is 0 Å². The number of benzene rings is 2. The first-order valence-corrected chi connectivity index (χ1v) is 6.27. The number of rotatable bonds is 4. The van der Waals surface area contributed by atoms with E-state index >= 15 is 0 Å². The first-order valence-electron chi connectivity index (χ1n) is 6.27. The van der Waals surface area contributed by atoms with Crippen molar-refractivity contribution < 1.29 is 19.1 Å². The number of anilines is 2. The molecule has 6 nitrogen and oxygen atoms in total. The van der Waals surface area contributed by atoms with Crippen molar-refractivity contribution in [3.8, 4) is 11.5 Å². The molecule has 0 radical (unpaired) electrons. The van der Waals surface area contributed by atoms with Crippen LogP contribution in [0.1, 0.15) is 10.4 Å². The lowest BCUT2D eigenvalue weighted by Crippen LogP contribution is -2.12. The van der Waals surface area contributed by atoms with Gasteiger partial charge in [-0.1, -0.05) is 6.07 Å². The summed E-state index contributed by atoms with van der Waals surface area (Å²) in [5.74, 6) is 0.984. The number of hydrogen-bond donors (Lipinski definition) is 2. The van der Waals surface area contributed by atoms with E-state index in [9.17, 15) is 9.59 Å². The number of fused-ring (bicyclic) bond motifs is 1. The Morgan fingerprint density at radius 3 is 2.76 bits per heavy atom. The van der Waals surface area contributed by atoms with Gasteiger partial charge in [-0.25, -0.2) is 0 Å².